The molecule has 78 valence electrons. The van der Waals surface area contributed by atoms with Crippen LogP contribution >= 0.6 is 15.9 Å². The Balaban J connectivity index is 2.92. The van der Waals surface area contributed by atoms with E-state index in [4.69, 9.17) is 0 Å². The molecule has 0 spiro atoms. The van der Waals surface area contributed by atoms with Crippen LogP contribution in [-0.2, 0) is 5.33 Å². The monoisotopic (exact) mass is 269 g/mol. The van der Waals surface area contributed by atoms with Crippen LogP contribution in [0.4, 0.5) is 13.2 Å². The first-order valence-corrected chi connectivity index (χ1v) is 4.82. The van der Waals surface area contributed by atoms with E-state index in [1.165, 1.54) is 6.07 Å². The quantitative estimate of drug-likeness (QED) is 0.770. The number of pyridine rings is 1. The molecule has 0 saturated heterocycles. The lowest BCUT2D eigenvalue weighted by molar-refractivity contribution is -0.276. The molecule has 1 rings (SSSR count). The summed E-state index contributed by atoms with van der Waals surface area (Å²) in [5, 5.41) is 0.463. The molecule has 0 aliphatic carbocycles. The molecule has 1 aromatic rings. The lowest BCUT2D eigenvalue weighted by Crippen LogP contribution is -2.18. The van der Waals surface area contributed by atoms with E-state index < -0.39 is 12.2 Å². The molecule has 0 aliphatic heterocycles. The maximum atomic E-state index is 11.8. The first-order chi connectivity index (χ1) is 6.40. The lowest BCUT2D eigenvalue weighted by Gasteiger charge is -2.09. The van der Waals surface area contributed by atoms with Gasteiger partial charge >= 0.3 is 6.36 Å². The van der Waals surface area contributed by atoms with Crippen LogP contribution < -0.4 is 4.74 Å². The van der Waals surface area contributed by atoms with E-state index in [9.17, 15) is 13.2 Å². The normalized spacial score (nSPS) is 11.5. The van der Waals surface area contributed by atoms with Gasteiger partial charge in [0, 0.05) is 17.1 Å². The fourth-order valence-corrected chi connectivity index (χ4v) is 1.28. The third-order valence-electron chi connectivity index (χ3n) is 1.36. The van der Waals surface area contributed by atoms with Gasteiger partial charge in [0.1, 0.15) is 0 Å². The van der Waals surface area contributed by atoms with Gasteiger partial charge < -0.3 is 4.74 Å². The number of ether oxygens (including phenoxy) is 1. The Morgan fingerprint density at radius 1 is 1.43 bits per heavy atom. The average molecular weight is 270 g/mol. The van der Waals surface area contributed by atoms with Gasteiger partial charge in [0.05, 0.1) is 0 Å². The highest BCUT2D eigenvalue weighted by Gasteiger charge is 2.31. The largest absolute Gasteiger partial charge is 0.574 e. The predicted octanol–water partition coefficient (Wildman–Crippen LogP) is 3.18. The summed E-state index contributed by atoms with van der Waals surface area (Å²) >= 11 is 3.14. The Morgan fingerprint density at radius 2 is 2.07 bits per heavy atom. The standard InChI is InChI=1S/C8H7BrF3NO/c1-5-2-6(4-9)3-7(13-5)14-8(10,11)12/h2-3H,4H2,1H3. The number of aromatic nitrogens is 1. The van der Waals surface area contributed by atoms with E-state index >= 15 is 0 Å². The van der Waals surface area contributed by atoms with Crippen LogP contribution in [0.3, 0.4) is 0 Å². The molecular formula is C8H7BrF3NO. The molecule has 0 aromatic carbocycles. The van der Waals surface area contributed by atoms with Crippen LogP contribution in [0.2, 0.25) is 0 Å². The Bertz CT molecular complexity index is 327. The highest BCUT2D eigenvalue weighted by atomic mass is 79.9. The Labute approximate surface area is 87.2 Å². The number of aryl methyl sites for hydroxylation is 1. The van der Waals surface area contributed by atoms with E-state index in [1.807, 2.05) is 0 Å². The second-order valence-corrected chi connectivity index (χ2v) is 3.20. The van der Waals surface area contributed by atoms with Gasteiger partial charge in [0.25, 0.3) is 0 Å². The Morgan fingerprint density at radius 3 is 2.57 bits per heavy atom. The Hall–Kier alpha value is -0.780. The van der Waals surface area contributed by atoms with Gasteiger partial charge in [-0.05, 0) is 18.6 Å². The molecular weight excluding hydrogens is 263 g/mol. The predicted molar refractivity (Wildman–Crippen MR) is 48.3 cm³/mol. The minimum atomic E-state index is -4.69. The summed E-state index contributed by atoms with van der Waals surface area (Å²) in [7, 11) is 0. The van der Waals surface area contributed by atoms with E-state index in [2.05, 4.69) is 25.7 Å². The van der Waals surface area contributed by atoms with Crippen molar-refractivity contribution < 1.29 is 17.9 Å². The van der Waals surface area contributed by atoms with Crippen molar-refractivity contribution in [3.63, 3.8) is 0 Å². The molecule has 0 unspecified atom stereocenters. The fourth-order valence-electron chi connectivity index (χ4n) is 0.955. The number of hydrogen-bond donors (Lipinski definition) is 0. The molecule has 14 heavy (non-hydrogen) atoms. The molecule has 0 aliphatic rings. The van der Waals surface area contributed by atoms with Gasteiger partial charge in [0.2, 0.25) is 5.88 Å². The van der Waals surface area contributed by atoms with Crippen molar-refractivity contribution in [1.29, 1.82) is 0 Å². The van der Waals surface area contributed by atoms with E-state index in [0.717, 1.165) is 0 Å². The zero-order chi connectivity index (χ0) is 10.8. The smallest absolute Gasteiger partial charge is 0.388 e. The van der Waals surface area contributed by atoms with Crippen molar-refractivity contribution in [3.8, 4) is 5.88 Å². The van der Waals surface area contributed by atoms with Gasteiger partial charge in [-0.25, -0.2) is 4.98 Å². The number of nitrogens with zero attached hydrogens (tertiary/aromatic N) is 1. The van der Waals surface area contributed by atoms with Crippen molar-refractivity contribution in [2.24, 2.45) is 0 Å². The van der Waals surface area contributed by atoms with Crippen LogP contribution in [0, 0.1) is 6.92 Å². The first-order valence-electron chi connectivity index (χ1n) is 3.70. The SMILES string of the molecule is Cc1cc(CBr)cc(OC(F)(F)F)n1. The van der Waals surface area contributed by atoms with Gasteiger partial charge in [-0.15, -0.1) is 13.2 Å². The maximum absolute atomic E-state index is 11.8. The molecule has 1 heterocycles. The zero-order valence-corrected chi connectivity index (χ0v) is 8.82. The summed E-state index contributed by atoms with van der Waals surface area (Å²) < 4.78 is 39.2. The van der Waals surface area contributed by atoms with Crippen molar-refractivity contribution in [2.45, 2.75) is 18.6 Å². The van der Waals surface area contributed by atoms with Crippen LogP contribution in [0.25, 0.3) is 0 Å². The molecule has 0 N–H and O–H groups in total. The second kappa shape index (κ2) is 4.16. The van der Waals surface area contributed by atoms with Gasteiger partial charge in [-0.3, -0.25) is 0 Å². The van der Waals surface area contributed by atoms with Crippen LogP contribution in [-0.4, -0.2) is 11.3 Å². The highest BCUT2D eigenvalue weighted by molar-refractivity contribution is 9.08. The molecule has 0 amide bonds. The fraction of sp³-hybridized carbons (Fsp3) is 0.375. The highest BCUT2D eigenvalue weighted by Crippen LogP contribution is 2.22. The van der Waals surface area contributed by atoms with Crippen molar-refractivity contribution in [2.75, 3.05) is 0 Å². The molecule has 0 radical (unpaired) electrons. The van der Waals surface area contributed by atoms with Crippen LogP contribution in [0.1, 0.15) is 11.3 Å². The first kappa shape index (κ1) is 11.3. The summed E-state index contributed by atoms with van der Waals surface area (Å²) in [5.74, 6) is -0.424. The average Bonchev–Trinajstić information content (AvgIpc) is 1.99. The van der Waals surface area contributed by atoms with Gasteiger partial charge in [0.15, 0.2) is 0 Å². The van der Waals surface area contributed by atoms with Gasteiger partial charge in [-0.2, -0.15) is 0 Å². The van der Waals surface area contributed by atoms with Crippen LogP contribution in [0.15, 0.2) is 12.1 Å². The molecule has 6 heteroatoms. The molecule has 0 fully saturated rings. The van der Waals surface area contributed by atoms with Crippen molar-refractivity contribution in [1.82, 2.24) is 4.98 Å². The molecule has 2 nitrogen and oxygen atoms in total. The van der Waals surface area contributed by atoms with E-state index in [1.54, 1.807) is 13.0 Å². The van der Waals surface area contributed by atoms with E-state index in [-0.39, 0.29) is 0 Å². The summed E-state index contributed by atoms with van der Waals surface area (Å²) in [6.07, 6.45) is -4.69. The Kier molecular flexibility index (Phi) is 3.36. The third-order valence-corrected chi connectivity index (χ3v) is 2.01. The topological polar surface area (TPSA) is 22.1 Å². The van der Waals surface area contributed by atoms with Crippen molar-refractivity contribution >= 4 is 15.9 Å². The van der Waals surface area contributed by atoms with E-state index in [0.29, 0.717) is 16.6 Å². The molecule has 0 saturated carbocycles. The number of halogens is 4. The lowest BCUT2D eigenvalue weighted by atomic mass is 10.2. The van der Waals surface area contributed by atoms with Crippen LogP contribution in [0.5, 0.6) is 5.88 Å². The minimum Gasteiger partial charge on any atom is -0.388 e. The molecule has 0 bridgehead atoms. The molecule has 1 aromatic heterocycles. The number of rotatable bonds is 2. The number of alkyl halides is 4. The summed E-state index contributed by atoms with van der Waals surface area (Å²) in [4.78, 5) is 3.60. The molecule has 0 atom stereocenters. The number of hydrogen-bond acceptors (Lipinski definition) is 2. The summed E-state index contributed by atoms with van der Waals surface area (Å²) in [6.45, 7) is 1.61. The second-order valence-electron chi connectivity index (χ2n) is 2.64. The van der Waals surface area contributed by atoms with Crippen molar-refractivity contribution in [3.05, 3.63) is 23.4 Å². The van der Waals surface area contributed by atoms with Gasteiger partial charge in [-0.1, -0.05) is 15.9 Å². The minimum absolute atomic E-state index is 0.424. The zero-order valence-electron chi connectivity index (χ0n) is 7.23. The maximum Gasteiger partial charge on any atom is 0.574 e. The summed E-state index contributed by atoms with van der Waals surface area (Å²) in [5.41, 5.74) is 1.18. The third kappa shape index (κ3) is 3.53. The summed E-state index contributed by atoms with van der Waals surface area (Å²) in [6, 6.07) is 2.92.